The molecule has 2 heterocycles. The van der Waals surface area contributed by atoms with Crippen LogP contribution in [0.2, 0.25) is 0 Å². The molecular formula is C20H28N4O2S. The highest BCUT2D eigenvalue weighted by molar-refractivity contribution is 7.91. The van der Waals surface area contributed by atoms with Crippen molar-refractivity contribution in [3.63, 3.8) is 0 Å². The van der Waals surface area contributed by atoms with Gasteiger partial charge in [0.25, 0.3) is 0 Å². The molecule has 1 aliphatic heterocycles. The summed E-state index contributed by atoms with van der Waals surface area (Å²) in [5.74, 6) is 1.80. The van der Waals surface area contributed by atoms with Gasteiger partial charge in [-0.1, -0.05) is 44.2 Å². The highest BCUT2D eigenvalue weighted by Crippen LogP contribution is 2.25. The predicted molar refractivity (Wildman–Crippen MR) is 111 cm³/mol. The van der Waals surface area contributed by atoms with Crippen molar-refractivity contribution < 1.29 is 8.42 Å². The van der Waals surface area contributed by atoms with E-state index in [2.05, 4.69) is 24.1 Å². The van der Waals surface area contributed by atoms with E-state index >= 15 is 0 Å². The highest BCUT2D eigenvalue weighted by atomic mass is 32.2. The van der Waals surface area contributed by atoms with E-state index in [1.165, 1.54) is 0 Å². The van der Waals surface area contributed by atoms with Crippen LogP contribution >= 0.6 is 0 Å². The summed E-state index contributed by atoms with van der Waals surface area (Å²) < 4.78 is 23.6. The molecule has 6 nitrogen and oxygen atoms in total. The molecule has 0 bridgehead atoms. The summed E-state index contributed by atoms with van der Waals surface area (Å²) in [7, 11) is -2.94. The van der Waals surface area contributed by atoms with Crippen LogP contribution in [0.3, 0.4) is 0 Å². The Morgan fingerprint density at radius 3 is 2.41 bits per heavy atom. The Kier molecular flexibility index (Phi) is 6.31. The third kappa shape index (κ3) is 5.19. The second-order valence-corrected chi connectivity index (χ2v) is 9.26. The van der Waals surface area contributed by atoms with Gasteiger partial charge in [0.2, 0.25) is 5.95 Å². The highest BCUT2D eigenvalue weighted by Gasteiger charge is 2.28. The molecule has 3 rings (SSSR count). The minimum atomic E-state index is -2.94. The van der Waals surface area contributed by atoms with E-state index in [0.717, 1.165) is 37.2 Å². The number of hydrogen-bond donors (Lipinski definition) is 1. The Balaban J connectivity index is 1.95. The molecule has 1 saturated heterocycles. The Morgan fingerprint density at radius 2 is 1.81 bits per heavy atom. The van der Waals surface area contributed by atoms with Gasteiger partial charge >= 0.3 is 0 Å². The number of aromatic nitrogens is 2. The van der Waals surface area contributed by atoms with Gasteiger partial charge in [-0.05, 0) is 19.3 Å². The fourth-order valence-corrected chi connectivity index (χ4v) is 5.05. The largest absolute Gasteiger partial charge is 0.366 e. The van der Waals surface area contributed by atoms with Gasteiger partial charge in [-0.3, -0.25) is 0 Å². The van der Waals surface area contributed by atoms with Crippen molar-refractivity contribution in [3.8, 4) is 11.3 Å². The smallest absolute Gasteiger partial charge is 0.227 e. The van der Waals surface area contributed by atoms with Gasteiger partial charge in [0, 0.05) is 30.8 Å². The Morgan fingerprint density at radius 1 is 1.11 bits per heavy atom. The lowest BCUT2D eigenvalue weighted by atomic mass is 10.1. The SMILES string of the molecule is CCCN(CCC)c1nc(NC2CCS(=O)(=O)C2)cc(-c2ccccc2)n1. The lowest BCUT2D eigenvalue weighted by molar-refractivity contribution is 0.602. The molecular weight excluding hydrogens is 360 g/mol. The maximum atomic E-state index is 11.8. The van der Waals surface area contributed by atoms with Crippen LogP contribution < -0.4 is 10.2 Å². The number of nitrogens with zero attached hydrogens (tertiary/aromatic N) is 3. The van der Waals surface area contributed by atoms with Gasteiger partial charge in [0.05, 0.1) is 17.2 Å². The van der Waals surface area contributed by atoms with E-state index in [-0.39, 0.29) is 17.5 Å². The first-order chi connectivity index (χ1) is 13.0. The molecule has 0 amide bonds. The van der Waals surface area contributed by atoms with Crippen molar-refractivity contribution in [2.45, 2.75) is 39.2 Å². The van der Waals surface area contributed by atoms with E-state index in [1.54, 1.807) is 0 Å². The maximum Gasteiger partial charge on any atom is 0.227 e. The first-order valence-electron chi connectivity index (χ1n) is 9.67. The average Bonchev–Trinajstić information content (AvgIpc) is 3.00. The van der Waals surface area contributed by atoms with Crippen LogP contribution in [0.15, 0.2) is 36.4 Å². The topological polar surface area (TPSA) is 75.2 Å². The van der Waals surface area contributed by atoms with E-state index in [0.29, 0.717) is 18.2 Å². The number of benzene rings is 1. The Labute approximate surface area is 162 Å². The fraction of sp³-hybridized carbons (Fsp3) is 0.500. The molecule has 1 aromatic heterocycles. The number of anilines is 2. The number of nitrogens with one attached hydrogen (secondary N) is 1. The van der Waals surface area contributed by atoms with E-state index < -0.39 is 9.84 Å². The molecule has 0 radical (unpaired) electrons. The number of rotatable bonds is 8. The molecule has 7 heteroatoms. The quantitative estimate of drug-likeness (QED) is 0.747. The van der Waals surface area contributed by atoms with E-state index in [1.807, 2.05) is 36.4 Å². The molecule has 1 aromatic carbocycles. The molecule has 1 unspecified atom stereocenters. The zero-order valence-electron chi connectivity index (χ0n) is 16.1. The molecule has 27 heavy (non-hydrogen) atoms. The zero-order chi connectivity index (χ0) is 19.3. The summed E-state index contributed by atoms with van der Waals surface area (Å²) in [5, 5.41) is 3.33. The van der Waals surface area contributed by atoms with Gasteiger partial charge < -0.3 is 10.2 Å². The van der Waals surface area contributed by atoms with Crippen molar-refractivity contribution in [3.05, 3.63) is 36.4 Å². The first kappa shape index (κ1) is 19.6. The van der Waals surface area contributed by atoms with Gasteiger partial charge in [-0.15, -0.1) is 0 Å². The molecule has 146 valence electrons. The van der Waals surface area contributed by atoms with Gasteiger partial charge in [-0.25, -0.2) is 13.4 Å². The number of hydrogen-bond acceptors (Lipinski definition) is 6. The van der Waals surface area contributed by atoms with Crippen molar-refractivity contribution >= 4 is 21.6 Å². The third-order valence-electron chi connectivity index (χ3n) is 4.64. The van der Waals surface area contributed by atoms with Crippen LogP contribution in [0.5, 0.6) is 0 Å². The molecule has 1 atom stereocenters. The van der Waals surface area contributed by atoms with Crippen molar-refractivity contribution in [2.24, 2.45) is 0 Å². The number of sulfone groups is 1. The predicted octanol–water partition coefficient (Wildman–Crippen LogP) is 3.37. The summed E-state index contributed by atoms with van der Waals surface area (Å²) in [6, 6.07) is 11.8. The molecule has 1 N–H and O–H groups in total. The summed E-state index contributed by atoms with van der Waals surface area (Å²) >= 11 is 0. The molecule has 2 aromatic rings. The fourth-order valence-electron chi connectivity index (χ4n) is 3.38. The summed E-state index contributed by atoms with van der Waals surface area (Å²) in [5.41, 5.74) is 1.87. The summed E-state index contributed by atoms with van der Waals surface area (Å²) in [6.07, 6.45) is 2.65. The molecule has 0 aliphatic carbocycles. The van der Waals surface area contributed by atoms with Crippen LogP contribution in [0.4, 0.5) is 11.8 Å². The summed E-state index contributed by atoms with van der Waals surface area (Å²) in [6.45, 7) is 6.07. The normalized spacial score (nSPS) is 18.4. The van der Waals surface area contributed by atoms with Crippen LogP contribution in [-0.2, 0) is 9.84 Å². The van der Waals surface area contributed by atoms with E-state index in [4.69, 9.17) is 9.97 Å². The van der Waals surface area contributed by atoms with E-state index in [9.17, 15) is 8.42 Å². The second kappa shape index (κ2) is 8.69. The lowest BCUT2D eigenvalue weighted by Crippen LogP contribution is -2.28. The Hall–Kier alpha value is -2.15. The van der Waals surface area contributed by atoms with Gasteiger partial charge in [0.15, 0.2) is 9.84 Å². The monoisotopic (exact) mass is 388 g/mol. The second-order valence-electron chi connectivity index (χ2n) is 7.04. The molecule has 1 fully saturated rings. The maximum absolute atomic E-state index is 11.8. The van der Waals surface area contributed by atoms with Crippen LogP contribution in [0.1, 0.15) is 33.1 Å². The lowest BCUT2D eigenvalue weighted by Gasteiger charge is -2.23. The standard InChI is InChI=1S/C20H28N4O2S/c1-3-11-24(12-4-2)20-22-18(16-8-6-5-7-9-16)14-19(23-20)21-17-10-13-27(25,26)15-17/h5-9,14,17H,3-4,10-13,15H2,1-2H3,(H,21,22,23). The average molecular weight is 389 g/mol. The minimum absolute atomic E-state index is 0.0906. The first-order valence-corrected chi connectivity index (χ1v) is 11.5. The van der Waals surface area contributed by atoms with Gasteiger partial charge in [0.1, 0.15) is 5.82 Å². The minimum Gasteiger partial charge on any atom is -0.366 e. The summed E-state index contributed by atoms with van der Waals surface area (Å²) in [4.78, 5) is 11.7. The molecule has 0 spiro atoms. The molecule has 1 aliphatic rings. The molecule has 0 saturated carbocycles. The van der Waals surface area contributed by atoms with Crippen molar-refractivity contribution in [1.82, 2.24) is 9.97 Å². The van der Waals surface area contributed by atoms with Crippen molar-refractivity contribution in [1.29, 1.82) is 0 Å². The van der Waals surface area contributed by atoms with Crippen molar-refractivity contribution in [2.75, 3.05) is 34.8 Å². The third-order valence-corrected chi connectivity index (χ3v) is 6.41. The van der Waals surface area contributed by atoms with Crippen LogP contribution in [0, 0.1) is 0 Å². The van der Waals surface area contributed by atoms with Crippen LogP contribution in [-0.4, -0.2) is 49.0 Å². The zero-order valence-corrected chi connectivity index (χ0v) is 16.9. The Bertz CT molecular complexity index is 850. The van der Waals surface area contributed by atoms with Crippen LogP contribution in [0.25, 0.3) is 11.3 Å². The van der Waals surface area contributed by atoms with Gasteiger partial charge in [-0.2, -0.15) is 4.98 Å².